The van der Waals surface area contributed by atoms with E-state index in [4.69, 9.17) is 5.14 Å². The van der Waals surface area contributed by atoms with E-state index in [1.54, 1.807) is 0 Å². The maximum absolute atomic E-state index is 12.6. The van der Waals surface area contributed by atoms with Crippen LogP contribution in [0.1, 0.15) is 15.9 Å². The number of anilines is 1. The third-order valence-corrected chi connectivity index (χ3v) is 3.66. The van der Waals surface area contributed by atoms with Gasteiger partial charge in [-0.2, -0.15) is 13.2 Å². The Morgan fingerprint density at radius 1 is 1.17 bits per heavy atom. The normalized spacial score (nSPS) is 12.0. The smallest absolute Gasteiger partial charge is 0.322 e. The number of pyridine rings is 1. The van der Waals surface area contributed by atoms with E-state index in [0.717, 1.165) is 12.3 Å². The van der Waals surface area contributed by atoms with Crippen LogP contribution in [0.15, 0.2) is 47.6 Å². The van der Waals surface area contributed by atoms with Gasteiger partial charge in [-0.05, 0) is 24.3 Å². The molecule has 0 unspecified atom stereocenters. The third kappa shape index (κ3) is 4.27. The number of sulfonamides is 1. The highest BCUT2D eigenvalue weighted by Crippen LogP contribution is 2.29. The number of carbonyl (C=O) groups is 1. The van der Waals surface area contributed by atoms with Crippen LogP contribution < -0.4 is 10.5 Å². The number of halogens is 3. The summed E-state index contributed by atoms with van der Waals surface area (Å²) < 4.78 is 60.2. The highest BCUT2D eigenvalue weighted by Gasteiger charge is 2.31. The molecule has 2 rings (SSSR count). The Kier molecular flexibility index (Phi) is 4.39. The van der Waals surface area contributed by atoms with Gasteiger partial charge >= 0.3 is 6.18 Å². The molecule has 0 saturated heterocycles. The monoisotopic (exact) mass is 345 g/mol. The fourth-order valence-corrected chi connectivity index (χ4v) is 2.23. The summed E-state index contributed by atoms with van der Waals surface area (Å²) in [6.45, 7) is 0. The van der Waals surface area contributed by atoms with Crippen molar-refractivity contribution < 1.29 is 26.4 Å². The topological polar surface area (TPSA) is 102 Å². The van der Waals surface area contributed by atoms with Gasteiger partial charge in [0.05, 0.1) is 16.0 Å². The fourth-order valence-electron chi connectivity index (χ4n) is 1.67. The standard InChI is InChI=1S/C13H10F3N3O3S/c14-13(15,16)9-4-8(6-18-7-9)12(20)19-10-2-1-3-11(5-10)23(17,21)22/h1-7H,(H,19,20)(H2,17,21,22). The molecule has 0 saturated carbocycles. The highest BCUT2D eigenvalue weighted by molar-refractivity contribution is 7.89. The summed E-state index contributed by atoms with van der Waals surface area (Å²) in [6.07, 6.45) is -3.07. The van der Waals surface area contributed by atoms with Gasteiger partial charge in [-0.15, -0.1) is 0 Å². The van der Waals surface area contributed by atoms with E-state index in [2.05, 4.69) is 10.3 Å². The van der Waals surface area contributed by atoms with Gasteiger partial charge in [-0.3, -0.25) is 9.78 Å². The van der Waals surface area contributed by atoms with Gasteiger partial charge in [0.1, 0.15) is 0 Å². The van der Waals surface area contributed by atoms with Crippen LogP contribution in [0.3, 0.4) is 0 Å². The summed E-state index contributed by atoms with van der Waals surface area (Å²) in [4.78, 5) is 15.1. The quantitative estimate of drug-likeness (QED) is 0.888. The van der Waals surface area contributed by atoms with Crippen LogP contribution in [0.5, 0.6) is 0 Å². The Hall–Kier alpha value is -2.46. The number of carbonyl (C=O) groups excluding carboxylic acids is 1. The third-order valence-electron chi connectivity index (χ3n) is 2.75. The summed E-state index contributed by atoms with van der Waals surface area (Å²) in [6, 6.07) is 5.66. The Bertz CT molecular complexity index is 851. The molecule has 0 aliphatic rings. The molecule has 2 aromatic rings. The lowest BCUT2D eigenvalue weighted by Crippen LogP contribution is -2.16. The SMILES string of the molecule is NS(=O)(=O)c1cccc(NC(=O)c2cncc(C(F)(F)F)c2)c1. The van der Waals surface area contributed by atoms with E-state index in [9.17, 15) is 26.4 Å². The van der Waals surface area contributed by atoms with Crippen molar-refractivity contribution in [3.05, 3.63) is 53.9 Å². The zero-order valence-electron chi connectivity index (χ0n) is 11.3. The molecule has 1 aromatic heterocycles. The average molecular weight is 345 g/mol. The van der Waals surface area contributed by atoms with Crippen LogP contribution in [0.4, 0.5) is 18.9 Å². The molecule has 122 valence electrons. The molecule has 0 fully saturated rings. The van der Waals surface area contributed by atoms with Crippen molar-refractivity contribution in [1.29, 1.82) is 0 Å². The van der Waals surface area contributed by atoms with Crippen molar-refractivity contribution >= 4 is 21.6 Å². The second-order valence-electron chi connectivity index (χ2n) is 4.49. The molecule has 23 heavy (non-hydrogen) atoms. The van der Waals surface area contributed by atoms with Gasteiger partial charge in [0.25, 0.3) is 5.91 Å². The van der Waals surface area contributed by atoms with Crippen LogP contribution in [-0.2, 0) is 16.2 Å². The van der Waals surface area contributed by atoms with Crippen LogP contribution in [0.2, 0.25) is 0 Å². The number of hydrogen-bond donors (Lipinski definition) is 2. The molecule has 1 amide bonds. The number of rotatable bonds is 3. The van der Waals surface area contributed by atoms with Crippen molar-refractivity contribution in [2.24, 2.45) is 5.14 Å². The van der Waals surface area contributed by atoms with E-state index in [1.165, 1.54) is 18.2 Å². The van der Waals surface area contributed by atoms with Gasteiger partial charge in [0.2, 0.25) is 10.0 Å². The molecule has 1 aromatic carbocycles. The van der Waals surface area contributed by atoms with Gasteiger partial charge in [0, 0.05) is 18.1 Å². The number of primary sulfonamides is 1. The first-order valence-corrected chi connectivity index (χ1v) is 7.58. The fraction of sp³-hybridized carbons (Fsp3) is 0.0769. The maximum Gasteiger partial charge on any atom is 0.417 e. The van der Waals surface area contributed by atoms with Crippen molar-refractivity contribution in [2.75, 3.05) is 5.32 Å². The molecule has 0 aliphatic heterocycles. The molecule has 3 N–H and O–H groups in total. The van der Waals surface area contributed by atoms with Gasteiger partial charge < -0.3 is 5.32 Å². The second-order valence-corrected chi connectivity index (χ2v) is 6.05. The molecule has 0 radical (unpaired) electrons. The number of nitrogens with one attached hydrogen (secondary N) is 1. The molecule has 1 heterocycles. The lowest BCUT2D eigenvalue weighted by Gasteiger charge is -2.09. The van der Waals surface area contributed by atoms with Crippen LogP contribution in [-0.4, -0.2) is 19.3 Å². The highest BCUT2D eigenvalue weighted by atomic mass is 32.2. The van der Waals surface area contributed by atoms with Crippen LogP contribution in [0.25, 0.3) is 0 Å². The summed E-state index contributed by atoms with van der Waals surface area (Å²) in [5.41, 5.74) is -1.32. The predicted molar refractivity (Wildman–Crippen MR) is 75.0 cm³/mol. The minimum Gasteiger partial charge on any atom is -0.322 e. The molecular weight excluding hydrogens is 335 g/mol. The van der Waals surface area contributed by atoms with Crippen molar-refractivity contribution in [2.45, 2.75) is 11.1 Å². The lowest BCUT2D eigenvalue weighted by molar-refractivity contribution is -0.137. The average Bonchev–Trinajstić information content (AvgIpc) is 2.46. The van der Waals surface area contributed by atoms with E-state index in [-0.39, 0.29) is 16.1 Å². The van der Waals surface area contributed by atoms with Crippen LogP contribution in [0, 0.1) is 0 Å². The maximum atomic E-state index is 12.6. The number of nitrogens with zero attached hydrogens (tertiary/aromatic N) is 1. The molecule has 0 bridgehead atoms. The van der Waals surface area contributed by atoms with E-state index in [0.29, 0.717) is 12.3 Å². The molecular formula is C13H10F3N3O3S. The van der Waals surface area contributed by atoms with E-state index >= 15 is 0 Å². The van der Waals surface area contributed by atoms with Crippen LogP contribution >= 0.6 is 0 Å². The Morgan fingerprint density at radius 3 is 2.48 bits per heavy atom. The first kappa shape index (κ1) is 16.9. The van der Waals surface area contributed by atoms with E-state index in [1.807, 2.05) is 0 Å². The second kappa shape index (κ2) is 5.97. The summed E-state index contributed by atoms with van der Waals surface area (Å²) in [7, 11) is -3.96. The summed E-state index contributed by atoms with van der Waals surface area (Å²) in [5, 5.41) is 7.24. The Balaban J connectivity index is 2.27. The Morgan fingerprint density at radius 2 is 1.87 bits per heavy atom. The predicted octanol–water partition coefficient (Wildman–Crippen LogP) is 2.00. The number of aromatic nitrogens is 1. The van der Waals surface area contributed by atoms with E-state index < -0.39 is 27.7 Å². The number of amides is 1. The summed E-state index contributed by atoms with van der Waals surface area (Å²) >= 11 is 0. The first-order valence-electron chi connectivity index (χ1n) is 6.04. The van der Waals surface area contributed by atoms with Crippen molar-refractivity contribution in [3.8, 4) is 0 Å². The van der Waals surface area contributed by atoms with Gasteiger partial charge in [0.15, 0.2) is 0 Å². The molecule has 0 spiro atoms. The zero-order chi connectivity index (χ0) is 17.3. The largest absolute Gasteiger partial charge is 0.417 e. The molecule has 0 atom stereocenters. The lowest BCUT2D eigenvalue weighted by atomic mass is 10.2. The minimum absolute atomic E-state index is 0.0685. The van der Waals surface area contributed by atoms with Gasteiger partial charge in [-0.1, -0.05) is 6.07 Å². The van der Waals surface area contributed by atoms with Crippen molar-refractivity contribution in [1.82, 2.24) is 4.98 Å². The first-order chi connectivity index (χ1) is 10.6. The number of alkyl halides is 3. The molecule has 10 heteroatoms. The van der Waals surface area contributed by atoms with Gasteiger partial charge in [-0.25, -0.2) is 13.6 Å². The number of hydrogen-bond acceptors (Lipinski definition) is 4. The number of benzene rings is 1. The summed E-state index contributed by atoms with van der Waals surface area (Å²) in [5.74, 6) is -0.866. The zero-order valence-corrected chi connectivity index (χ0v) is 12.1. The Labute approximate surface area is 129 Å². The molecule has 0 aliphatic carbocycles. The van der Waals surface area contributed by atoms with Crippen molar-refractivity contribution in [3.63, 3.8) is 0 Å². The molecule has 6 nitrogen and oxygen atoms in total. The minimum atomic E-state index is -4.63. The number of nitrogens with two attached hydrogens (primary N) is 1.